The second-order valence-electron chi connectivity index (χ2n) is 4.38. The van der Waals surface area contributed by atoms with Crippen LogP contribution in [0.5, 0.6) is 0 Å². The van der Waals surface area contributed by atoms with Crippen molar-refractivity contribution in [2.24, 2.45) is 5.92 Å². The maximum absolute atomic E-state index is 11.6. The molecule has 0 unspecified atom stereocenters. The summed E-state index contributed by atoms with van der Waals surface area (Å²) >= 11 is 0. The molecule has 0 fully saturated rings. The zero-order chi connectivity index (χ0) is 14.1. The number of esters is 1. The van der Waals surface area contributed by atoms with E-state index >= 15 is 0 Å². The summed E-state index contributed by atoms with van der Waals surface area (Å²) in [6.45, 7) is 4.11. The predicted octanol–water partition coefficient (Wildman–Crippen LogP) is 2.28. The van der Waals surface area contributed by atoms with Gasteiger partial charge in [-0.1, -0.05) is 44.2 Å². The van der Waals surface area contributed by atoms with Crippen LogP contribution in [-0.2, 0) is 20.9 Å². The smallest absolute Gasteiger partial charge is 0.309 e. The topological polar surface area (TPSA) is 55.4 Å². The average Bonchev–Trinajstić information content (AvgIpc) is 2.45. The second-order valence-corrected chi connectivity index (χ2v) is 4.38. The molecular formula is C15H21NO3. The highest BCUT2D eigenvalue weighted by molar-refractivity contribution is 5.81. The first-order valence-electron chi connectivity index (χ1n) is 6.64. The van der Waals surface area contributed by atoms with E-state index in [0.29, 0.717) is 6.54 Å². The van der Waals surface area contributed by atoms with Gasteiger partial charge < -0.3 is 10.1 Å². The number of carbonyl (C=O) groups excluding carboxylic acids is 2. The highest BCUT2D eigenvalue weighted by Crippen LogP contribution is 2.09. The van der Waals surface area contributed by atoms with Crippen LogP contribution >= 0.6 is 0 Å². The van der Waals surface area contributed by atoms with E-state index in [9.17, 15) is 9.59 Å². The Kier molecular flexibility index (Phi) is 6.64. The van der Waals surface area contributed by atoms with Gasteiger partial charge in [0.15, 0.2) is 6.61 Å². The Hall–Kier alpha value is -1.84. The third kappa shape index (κ3) is 5.55. The number of rotatable bonds is 7. The van der Waals surface area contributed by atoms with Crippen molar-refractivity contribution in [2.45, 2.75) is 33.2 Å². The Labute approximate surface area is 114 Å². The number of ether oxygens (including phenoxy) is 1. The Balaban J connectivity index is 2.26. The molecule has 0 heterocycles. The van der Waals surface area contributed by atoms with E-state index in [1.54, 1.807) is 0 Å². The molecular weight excluding hydrogens is 242 g/mol. The molecule has 0 aliphatic carbocycles. The molecule has 0 aliphatic rings. The minimum absolute atomic E-state index is 0.109. The summed E-state index contributed by atoms with van der Waals surface area (Å²) in [6.07, 6.45) is 1.47. The lowest BCUT2D eigenvalue weighted by Gasteiger charge is -2.11. The van der Waals surface area contributed by atoms with Gasteiger partial charge in [0.25, 0.3) is 5.91 Å². The molecule has 1 rings (SSSR count). The van der Waals surface area contributed by atoms with E-state index in [4.69, 9.17) is 4.74 Å². The van der Waals surface area contributed by atoms with Gasteiger partial charge in [-0.15, -0.1) is 0 Å². The molecule has 0 saturated carbocycles. The molecule has 0 radical (unpaired) electrons. The summed E-state index contributed by atoms with van der Waals surface area (Å²) in [7, 11) is 0. The van der Waals surface area contributed by atoms with E-state index in [1.165, 1.54) is 0 Å². The number of carbonyl (C=O) groups is 2. The Morgan fingerprint density at radius 1 is 1.16 bits per heavy atom. The SMILES string of the molecule is CCC(CC)C(=O)OCC(=O)NCc1ccccc1. The first-order valence-corrected chi connectivity index (χ1v) is 6.64. The molecule has 4 heteroatoms. The standard InChI is InChI=1S/C15H21NO3/c1-3-13(4-2)15(18)19-11-14(17)16-10-12-8-6-5-7-9-12/h5-9,13H,3-4,10-11H2,1-2H3,(H,16,17). The van der Waals surface area contributed by atoms with Crippen LogP contribution in [0.2, 0.25) is 0 Å². The summed E-state index contributed by atoms with van der Waals surface area (Å²) < 4.78 is 4.99. The van der Waals surface area contributed by atoms with Crippen molar-refractivity contribution in [2.75, 3.05) is 6.61 Å². The van der Waals surface area contributed by atoms with E-state index < -0.39 is 0 Å². The fourth-order valence-corrected chi connectivity index (χ4v) is 1.72. The molecule has 0 bridgehead atoms. The lowest BCUT2D eigenvalue weighted by Crippen LogP contribution is -2.29. The van der Waals surface area contributed by atoms with Crippen LogP contribution in [0.4, 0.5) is 0 Å². The van der Waals surface area contributed by atoms with Crippen LogP contribution in [0.25, 0.3) is 0 Å². The van der Waals surface area contributed by atoms with Crippen LogP contribution < -0.4 is 5.32 Å². The van der Waals surface area contributed by atoms with Crippen LogP contribution in [-0.4, -0.2) is 18.5 Å². The van der Waals surface area contributed by atoms with Gasteiger partial charge in [-0.05, 0) is 18.4 Å². The van der Waals surface area contributed by atoms with Crippen molar-refractivity contribution >= 4 is 11.9 Å². The minimum atomic E-state index is -0.292. The highest BCUT2D eigenvalue weighted by atomic mass is 16.5. The molecule has 1 aromatic carbocycles. The highest BCUT2D eigenvalue weighted by Gasteiger charge is 2.16. The van der Waals surface area contributed by atoms with Crippen LogP contribution in [0.3, 0.4) is 0 Å². The second kappa shape index (κ2) is 8.29. The van der Waals surface area contributed by atoms with Crippen LogP contribution in [0.15, 0.2) is 30.3 Å². The maximum Gasteiger partial charge on any atom is 0.309 e. The molecule has 0 spiro atoms. The van der Waals surface area contributed by atoms with Crippen molar-refractivity contribution < 1.29 is 14.3 Å². The Bertz CT molecular complexity index is 399. The summed E-state index contributed by atoms with van der Waals surface area (Å²) in [5.74, 6) is -0.676. The largest absolute Gasteiger partial charge is 0.455 e. The molecule has 19 heavy (non-hydrogen) atoms. The molecule has 0 aliphatic heterocycles. The third-order valence-corrected chi connectivity index (χ3v) is 3.00. The predicted molar refractivity (Wildman–Crippen MR) is 73.3 cm³/mol. The monoisotopic (exact) mass is 263 g/mol. The first kappa shape index (κ1) is 15.2. The lowest BCUT2D eigenvalue weighted by molar-refractivity contribution is -0.152. The van der Waals surface area contributed by atoms with Gasteiger partial charge in [-0.2, -0.15) is 0 Å². The number of nitrogens with one attached hydrogen (secondary N) is 1. The molecule has 1 amide bonds. The molecule has 0 atom stereocenters. The molecule has 1 N–H and O–H groups in total. The molecule has 4 nitrogen and oxygen atoms in total. The molecule has 0 aromatic heterocycles. The summed E-state index contributed by atoms with van der Waals surface area (Å²) in [4.78, 5) is 23.1. The Morgan fingerprint density at radius 2 is 1.79 bits per heavy atom. The van der Waals surface area contributed by atoms with Gasteiger partial charge in [-0.25, -0.2) is 0 Å². The van der Waals surface area contributed by atoms with Crippen molar-refractivity contribution in [1.82, 2.24) is 5.32 Å². The third-order valence-electron chi connectivity index (χ3n) is 3.00. The van der Waals surface area contributed by atoms with Gasteiger partial charge in [0.1, 0.15) is 0 Å². The van der Waals surface area contributed by atoms with Crippen molar-refractivity contribution in [3.63, 3.8) is 0 Å². The number of hydrogen-bond acceptors (Lipinski definition) is 3. The zero-order valence-corrected chi connectivity index (χ0v) is 11.5. The van der Waals surface area contributed by atoms with Gasteiger partial charge in [-0.3, -0.25) is 9.59 Å². The minimum Gasteiger partial charge on any atom is -0.455 e. The maximum atomic E-state index is 11.6. The Morgan fingerprint density at radius 3 is 2.37 bits per heavy atom. The van der Waals surface area contributed by atoms with Crippen LogP contribution in [0, 0.1) is 5.92 Å². The average molecular weight is 263 g/mol. The molecule has 0 saturated heterocycles. The fraction of sp³-hybridized carbons (Fsp3) is 0.467. The van der Waals surface area contributed by atoms with Gasteiger partial charge >= 0.3 is 5.97 Å². The number of amides is 1. The van der Waals surface area contributed by atoms with Gasteiger partial charge in [0.05, 0.1) is 5.92 Å². The zero-order valence-electron chi connectivity index (χ0n) is 11.5. The van der Waals surface area contributed by atoms with Crippen molar-refractivity contribution in [3.05, 3.63) is 35.9 Å². The number of benzene rings is 1. The van der Waals surface area contributed by atoms with E-state index in [0.717, 1.165) is 18.4 Å². The van der Waals surface area contributed by atoms with E-state index in [1.807, 2.05) is 44.2 Å². The van der Waals surface area contributed by atoms with E-state index in [2.05, 4.69) is 5.32 Å². The van der Waals surface area contributed by atoms with Crippen molar-refractivity contribution in [1.29, 1.82) is 0 Å². The quantitative estimate of drug-likeness (QED) is 0.768. The summed E-state index contributed by atoms with van der Waals surface area (Å²) in [6, 6.07) is 9.60. The lowest BCUT2D eigenvalue weighted by atomic mass is 10.0. The summed E-state index contributed by atoms with van der Waals surface area (Å²) in [5.41, 5.74) is 1.02. The van der Waals surface area contributed by atoms with Gasteiger partial charge in [0, 0.05) is 6.54 Å². The normalized spacial score (nSPS) is 10.3. The number of hydrogen-bond donors (Lipinski definition) is 1. The summed E-state index contributed by atoms with van der Waals surface area (Å²) in [5, 5.41) is 2.71. The van der Waals surface area contributed by atoms with Gasteiger partial charge in [0.2, 0.25) is 0 Å². The fourth-order valence-electron chi connectivity index (χ4n) is 1.72. The molecule has 104 valence electrons. The molecule has 1 aromatic rings. The van der Waals surface area contributed by atoms with E-state index in [-0.39, 0.29) is 24.4 Å². The van der Waals surface area contributed by atoms with Crippen molar-refractivity contribution in [3.8, 4) is 0 Å². The first-order chi connectivity index (χ1) is 9.17. The van der Waals surface area contributed by atoms with Crippen LogP contribution in [0.1, 0.15) is 32.3 Å².